The summed E-state index contributed by atoms with van der Waals surface area (Å²) < 4.78 is 36.3. The second-order valence-corrected chi connectivity index (χ2v) is 10.4. The van der Waals surface area contributed by atoms with Crippen molar-refractivity contribution >= 4 is 85.7 Å². The van der Waals surface area contributed by atoms with Gasteiger partial charge in [0.25, 0.3) is 6.47 Å². The molecule has 0 atom stereocenters. The molecule has 2 heterocycles. The van der Waals surface area contributed by atoms with Crippen molar-refractivity contribution in [3.05, 3.63) is 59.9 Å². The number of phenolic OH excluding ortho intramolecular Hbond substituents is 1. The van der Waals surface area contributed by atoms with Gasteiger partial charge in [-0.1, -0.05) is 28.1 Å². The number of benzene rings is 2. The molecule has 0 spiro atoms. The van der Waals surface area contributed by atoms with Gasteiger partial charge in [-0.15, -0.1) is 0 Å². The Hall–Kier alpha value is 0.174. The van der Waals surface area contributed by atoms with Gasteiger partial charge in [-0.25, -0.2) is 9.59 Å². The zero-order valence-electron chi connectivity index (χ0n) is 33.6. The number of carbonyl (C=O) groups is 3. The quantitative estimate of drug-likeness (QED) is 0.0210. The Labute approximate surface area is 454 Å². The molecule has 0 unspecified atom stereocenters. The summed E-state index contributed by atoms with van der Waals surface area (Å²) in [4.78, 5) is 39.9. The van der Waals surface area contributed by atoms with Crippen LogP contribution in [0.25, 0.3) is 21.8 Å². The Kier molecular flexibility index (Phi) is 40.2. The summed E-state index contributed by atoms with van der Waals surface area (Å²) in [7, 11) is 16.7. The van der Waals surface area contributed by atoms with E-state index in [4.69, 9.17) is 38.5 Å². The van der Waals surface area contributed by atoms with Gasteiger partial charge in [0.15, 0.2) is 12.6 Å². The van der Waals surface area contributed by atoms with Crippen molar-refractivity contribution in [2.45, 2.75) is 40.3 Å². The van der Waals surface area contributed by atoms with E-state index in [1.54, 1.807) is 30.3 Å². The minimum Gasteiger partial charge on any atom is -1.00 e. The van der Waals surface area contributed by atoms with E-state index in [0.717, 1.165) is 16.2 Å². The summed E-state index contributed by atoms with van der Waals surface area (Å²) in [5, 5.41) is 20.1. The fourth-order valence-corrected chi connectivity index (χ4v) is 4.39. The first-order chi connectivity index (χ1) is 25.4. The number of phenols is 1. The van der Waals surface area contributed by atoms with Crippen LogP contribution < -0.4 is 148 Å². The van der Waals surface area contributed by atoms with Gasteiger partial charge in [0, 0.05) is 77.8 Å². The van der Waals surface area contributed by atoms with Crippen LogP contribution in [-0.4, -0.2) is 128 Å². The Balaban J connectivity index is -0.000000343. The third kappa shape index (κ3) is 25.4. The zero-order valence-corrected chi connectivity index (χ0v) is 46.8. The number of rotatable bonds is 15. The molecule has 4 aromatic rings. The van der Waals surface area contributed by atoms with E-state index in [9.17, 15) is 14.7 Å². The van der Waals surface area contributed by atoms with Gasteiger partial charge in [0.1, 0.15) is 29.5 Å². The average Bonchev–Trinajstić information content (AvgIpc) is 3.80. The van der Waals surface area contributed by atoms with Crippen molar-refractivity contribution in [2.24, 2.45) is 0 Å². The average molecular weight is 1070 g/mol. The van der Waals surface area contributed by atoms with Crippen molar-refractivity contribution in [1.29, 1.82) is 0 Å². The van der Waals surface area contributed by atoms with Crippen LogP contribution >= 0.6 is 15.9 Å². The normalized spacial score (nSPS) is 9.64. The number of hydrogen-bond donors (Lipinski definition) is 3. The summed E-state index contributed by atoms with van der Waals surface area (Å²) >= 11 is 3.27. The SMILES string of the molecule is CCOC(CBr)OCC.CCOC(COc1cccc2[nH]c(C(=O)OC)cc12)OCC.COC(=O)c1cc2c(O)cccc2[nH]1.O=CO[O-].[B]B([B])[B].[Cs+].[Cs+].[H-]. The van der Waals surface area contributed by atoms with Crippen molar-refractivity contribution in [2.75, 3.05) is 52.6 Å². The number of aromatic nitrogens is 2. The number of H-pyrrole nitrogens is 2. The Bertz CT molecular complexity index is 1600. The third-order valence-electron chi connectivity index (χ3n) is 6.03. The summed E-state index contributed by atoms with van der Waals surface area (Å²) in [6.07, 6.45) is -1.15. The Morgan fingerprint density at radius 2 is 1.22 bits per heavy atom. The van der Waals surface area contributed by atoms with Gasteiger partial charge >= 0.3 is 150 Å². The second-order valence-electron chi connectivity index (χ2n) is 9.72. The van der Waals surface area contributed by atoms with Crippen molar-refractivity contribution in [1.82, 2.24) is 9.97 Å². The van der Waals surface area contributed by atoms with E-state index < -0.39 is 24.6 Å². The van der Waals surface area contributed by atoms with Gasteiger partial charge in [0.05, 0.1) is 19.5 Å². The molecule has 2 aromatic carbocycles. The third-order valence-corrected chi connectivity index (χ3v) is 6.55. The van der Waals surface area contributed by atoms with Crippen molar-refractivity contribution in [3.8, 4) is 11.5 Å². The van der Waals surface area contributed by atoms with Crippen molar-refractivity contribution in [3.63, 3.8) is 0 Å². The van der Waals surface area contributed by atoms with E-state index in [0.29, 0.717) is 54.5 Å². The number of carbonyl (C=O) groups excluding carboxylic acids is 3. The van der Waals surface area contributed by atoms with Crippen LogP contribution in [0.3, 0.4) is 0 Å². The first-order valence-electron chi connectivity index (χ1n) is 16.1. The maximum Gasteiger partial charge on any atom is 1.00 e. The number of hydrogen-bond acceptors (Lipinski definition) is 13. The number of fused-ring (bicyclic) bond motifs is 2. The smallest absolute Gasteiger partial charge is 1.00 e. The first-order valence-corrected chi connectivity index (χ1v) is 17.3. The number of halogens is 1. The molecular formula is C33H45B4BrCs2N2O13. The summed E-state index contributed by atoms with van der Waals surface area (Å²) in [5.41, 5.74) is 2.25. The number of aromatic hydroxyl groups is 1. The predicted molar refractivity (Wildman–Crippen MR) is 206 cm³/mol. The van der Waals surface area contributed by atoms with Crippen LogP contribution in [0.4, 0.5) is 0 Å². The molecule has 22 heteroatoms. The second kappa shape index (κ2) is 37.2. The maximum atomic E-state index is 11.6. The van der Waals surface area contributed by atoms with Gasteiger partial charge < -0.3 is 59.8 Å². The van der Waals surface area contributed by atoms with Gasteiger partial charge in [-0.3, -0.25) is 4.79 Å². The van der Waals surface area contributed by atoms with Crippen molar-refractivity contribution < 1.29 is 202 Å². The molecule has 3 N–H and O–H groups in total. The van der Waals surface area contributed by atoms with Crippen LogP contribution in [0.2, 0.25) is 0 Å². The molecule has 4 rings (SSSR count). The number of alkyl halides is 1. The molecule has 0 aliphatic rings. The topological polar surface area (TPSA) is 200 Å². The molecule has 0 aliphatic carbocycles. The molecule has 55 heavy (non-hydrogen) atoms. The predicted octanol–water partition coefficient (Wildman–Crippen LogP) is -2.80. The molecule has 0 fully saturated rings. The molecule has 0 saturated heterocycles. The maximum absolute atomic E-state index is 11.6. The van der Waals surface area contributed by atoms with E-state index in [-0.39, 0.29) is 164 Å². The Morgan fingerprint density at radius 3 is 1.60 bits per heavy atom. The molecule has 286 valence electrons. The minimum atomic E-state index is -0.667. The molecule has 15 nitrogen and oxygen atoms in total. The summed E-state index contributed by atoms with van der Waals surface area (Å²) in [6.45, 7) is 10.3. The fourth-order valence-electron chi connectivity index (χ4n) is 4.02. The summed E-state index contributed by atoms with van der Waals surface area (Å²) in [5.74, 6) is -0.0496. The Morgan fingerprint density at radius 1 is 0.818 bits per heavy atom. The van der Waals surface area contributed by atoms with E-state index in [1.807, 2.05) is 45.9 Å². The number of nitrogens with one attached hydrogen (secondary N) is 2. The number of esters is 2. The molecule has 0 amide bonds. The number of methoxy groups -OCH3 is 2. The van der Waals surface area contributed by atoms with Crippen LogP contribution in [0.5, 0.6) is 11.5 Å². The molecular weight excluding hydrogens is 1020 g/mol. The van der Waals surface area contributed by atoms with Gasteiger partial charge in [-0.05, 0) is 64.1 Å². The molecule has 0 saturated carbocycles. The van der Waals surface area contributed by atoms with Crippen LogP contribution in [-0.2, 0) is 38.1 Å². The van der Waals surface area contributed by atoms with Crippen LogP contribution in [0.15, 0.2) is 48.5 Å². The van der Waals surface area contributed by atoms with Crippen LogP contribution in [0.1, 0.15) is 50.1 Å². The van der Waals surface area contributed by atoms with E-state index in [1.165, 1.54) is 14.2 Å². The molecule has 0 bridgehead atoms. The molecule has 0 aliphatic heterocycles. The number of ether oxygens (including phenoxy) is 7. The summed E-state index contributed by atoms with van der Waals surface area (Å²) in [6, 6.07) is 13.9. The fraction of sp³-hybridized carbons (Fsp3) is 0.424. The monoisotopic (exact) mass is 1070 g/mol. The molecule has 6 radical (unpaired) electrons. The first kappa shape index (κ1) is 59.5. The largest absolute Gasteiger partial charge is 1.00 e. The van der Waals surface area contributed by atoms with Crippen LogP contribution in [0, 0.1) is 0 Å². The molecule has 2 aromatic heterocycles. The zero-order chi connectivity index (χ0) is 40.2. The number of aromatic amines is 2. The van der Waals surface area contributed by atoms with E-state index in [2.05, 4.69) is 58.7 Å². The van der Waals surface area contributed by atoms with Gasteiger partial charge in [0.2, 0.25) is 0 Å². The van der Waals surface area contributed by atoms with Gasteiger partial charge in [-0.2, -0.15) is 0 Å². The standard InChI is InChI=1S/C16H21NO5.C10H9NO3.C6H13BrO2.CH2O3.B4.2Cs.H/c1-4-20-15(21-5-2)10-22-14-8-6-7-12-11(14)9-13(17-12)16(18)19-3;1-14-10(13)8-5-6-7(11-8)3-2-4-9(6)12;1-3-8-6(5-7)9-4-2;2-1-4-3;1-4(2)3;;;/h6-9,15,17H,4-5,10H2,1-3H3;2-5,11-12H,1H3;6H,3-5H2,1-2H3;1,3H;;;;/q;;;;;2*+1;-1/p-1. The minimum absolute atomic E-state index is 0. The van der Waals surface area contributed by atoms with E-state index >= 15 is 0 Å².